The van der Waals surface area contributed by atoms with Crippen molar-refractivity contribution < 1.29 is 0 Å². The molecule has 2 aliphatic heterocycles. The Labute approximate surface area is 132 Å². The molecule has 0 aromatic heterocycles. The highest BCUT2D eigenvalue weighted by atomic mass is 15.2. The van der Waals surface area contributed by atoms with Crippen LogP contribution in [0.1, 0.15) is 53.4 Å². The predicted molar refractivity (Wildman–Crippen MR) is 91.7 cm³/mol. The standard InChI is InChI=1S/C18H37N3/c1-6-19-17(18(2,3)4)10-13-21-12-9-16-15(14-21)8-7-11-20(16)5/h15-17,19H,6-14H2,1-5H3. The second kappa shape index (κ2) is 7.43. The van der Waals surface area contributed by atoms with E-state index in [-0.39, 0.29) is 0 Å². The van der Waals surface area contributed by atoms with Crippen molar-refractivity contribution in [3.8, 4) is 0 Å². The molecule has 3 atom stereocenters. The minimum Gasteiger partial charge on any atom is -0.314 e. The van der Waals surface area contributed by atoms with Crippen LogP contribution in [0.15, 0.2) is 0 Å². The molecule has 0 bridgehead atoms. The van der Waals surface area contributed by atoms with E-state index in [1.165, 1.54) is 51.9 Å². The number of nitrogens with zero attached hydrogens (tertiary/aromatic N) is 2. The fourth-order valence-corrected chi connectivity index (χ4v) is 4.33. The summed E-state index contributed by atoms with van der Waals surface area (Å²) in [6.07, 6.45) is 5.50. The molecule has 3 unspecified atom stereocenters. The molecule has 2 heterocycles. The third-order valence-electron chi connectivity index (χ3n) is 5.66. The van der Waals surface area contributed by atoms with E-state index >= 15 is 0 Å². The minimum atomic E-state index is 0.361. The molecule has 0 amide bonds. The summed E-state index contributed by atoms with van der Waals surface area (Å²) in [6, 6.07) is 1.50. The zero-order valence-electron chi connectivity index (χ0n) is 15.0. The van der Waals surface area contributed by atoms with Gasteiger partial charge in [-0.2, -0.15) is 0 Å². The Kier molecular flexibility index (Phi) is 6.10. The molecule has 3 heteroatoms. The van der Waals surface area contributed by atoms with Crippen molar-refractivity contribution in [3.05, 3.63) is 0 Å². The molecule has 2 rings (SSSR count). The fraction of sp³-hybridized carbons (Fsp3) is 1.00. The van der Waals surface area contributed by atoms with Gasteiger partial charge in [0.1, 0.15) is 0 Å². The summed E-state index contributed by atoms with van der Waals surface area (Å²) in [5.41, 5.74) is 0.361. The van der Waals surface area contributed by atoms with Crippen LogP contribution in [0.25, 0.3) is 0 Å². The number of nitrogens with one attached hydrogen (secondary N) is 1. The number of hydrogen-bond donors (Lipinski definition) is 1. The van der Waals surface area contributed by atoms with Gasteiger partial charge in [-0.3, -0.25) is 0 Å². The van der Waals surface area contributed by atoms with Crippen LogP contribution in [-0.2, 0) is 0 Å². The van der Waals surface area contributed by atoms with Crippen LogP contribution in [-0.4, -0.2) is 61.7 Å². The Morgan fingerprint density at radius 1 is 1.19 bits per heavy atom. The molecule has 0 radical (unpaired) electrons. The molecular formula is C18H37N3. The molecule has 0 saturated carbocycles. The molecular weight excluding hydrogens is 258 g/mol. The van der Waals surface area contributed by atoms with E-state index in [4.69, 9.17) is 0 Å². The Morgan fingerprint density at radius 2 is 1.95 bits per heavy atom. The Bertz CT molecular complexity index is 310. The summed E-state index contributed by atoms with van der Waals surface area (Å²) < 4.78 is 0. The molecule has 0 aliphatic carbocycles. The molecule has 0 spiro atoms. The minimum absolute atomic E-state index is 0.361. The quantitative estimate of drug-likeness (QED) is 0.841. The third kappa shape index (κ3) is 4.67. The topological polar surface area (TPSA) is 18.5 Å². The zero-order chi connectivity index (χ0) is 15.5. The summed E-state index contributed by atoms with van der Waals surface area (Å²) in [7, 11) is 2.33. The highest BCUT2D eigenvalue weighted by molar-refractivity contribution is 4.90. The second-order valence-electron chi connectivity index (χ2n) is 8.30. The van der Waals surface area contributed by atoms with E-state index in [0.717, 1.165) is 18.5 Å². The normalized spacial score (nSPS) is 30.1. The molecule has 2 saturated heterocycles. The van der Waals surface area contributed by atoms with Crippen LogP contribution >= 0.6 is 0 Å². The van der Waals surface area contributed by atoms with Crippen molar-refractivity contribution in [1.82, 2.24) is 15.1 Å². The Hall–Kier alpha value is -0.120. The van der Waals surface area contributed by atoms with E-state index in [9.17, 15) is 0 Å². The van der Waals surface area contributed by atoms with E-state index < -0.39 is 0 Å². The van der Waals surface area contributed by atoms with Crippen LogP contribution in [0.2, 0.25) is 0 Å². The fourth-order valence-electron chi connectivity index (χ4n) is 4.33. The molecule has 0 aromatic rings. The van der Waals surface area contributed by atoms with Gasteiger partial charge in [0.05, 0.1) is 0 Å². The molecule has 1 N–H and O–H groups in total. The number of fused-ring (bicyclic) bond motifs is 1. The maximum atomic E-state index is 3.69. The van der Waals surface area contributed by atoms with Gasteiger partial charge in [-0.05, 0) is 70.2 Å². The first-order valence-corrected chi connectivity index (χ1v) is 9.07. The first-order chi connectivity index (χ1) is 9.91. The maximum Gasteiger partial charge on any atom is 0.0145 e. The van der Waals surface area contributed by atoms with Crippen molar-refractivity contribution in [2.24, 2.45) is 11.3 Å². The molecule has 21 heavy (non-hydrogen) atoms. The molecule has 3 nitrogen and oxygen atoms in total. The van der Waals surface area contributed by atoms with Gasteiger partial charge in [0.2, 0.25) is 0 Å². The summed E-state index contributed by atoms with van der Waals surface area (Å²) in [5.74, 6) is 0.921. The lowest BCUT2D eigenvalue weighted by Crippen LogP contribution is -2.53. The molecule has 0 aromatic carbocycles. The van der Waals surface area contributed by atoms with Gasteiger partial charge in [0, 0.05) is 18.6 Å². The van der Waals surface area contributed by atoms with Crippen LogP contribution in [0, 0.1) is 11.3 Å². The summed E-state index contributed by atoms with van der Waals surface area (Å²) in [6.45, 7) is 15.6. The lowest BCUT2D eigenvalue weighted by Gasteiger charge is -2.46. The van der Waals surface area contributed by atoms with Gasteiger partial charge in [0.25, 0.3) is 0 Å². The highest BCUT2D eigenvalue weighted by Gasteiger charge is 2.34. The molecule has 124 valence electrons. The number of likely N-dealkylation sites (tertiary alicyclic amines) is 2. The average Bonchev–Trinajstić information content (AvgIpc) is 2.42. The average molecular weight is 296 g/mol. The smallest absolute Gasteiger partial charge is 0.0145 e. The van der Waals surface area contributed by atoms with Gasteiger partial charge in [0.15, 0.2) is 0 Å². The van der Waals surface area contributed by atoms with E-state index in [2.05, 4.69) is 49.9 Å². The Balaban J connectivity index is 1.81. The second-order valence-corrected chi connectivity index (χ2v) is 8.30. The lowest BCUT2D eigenvalue weighted by molar-refractivity contribution is 0.0354. The van der Waals surface area contributed by atoms with Crippen molar-refractivity contribution in [2.75, 3.05) is 39.8 Å². The van der Waals surface area contributed by atoms with E-state index in [0.29, 0.717) is 11.5 Å². The summed E-state index contributed by atoms with van der Waals surface area (Å²) >= 11 is 0. The van der Waals surface area contributed by atoms with Crippen LogP contribution in [0.4, 0.5) is 0 Å². The van der Waals surface area contributed by atoms with Crippen LogP contribution < -0.4 is 5.32 Å². The predicted octanol–water partition coefficient (Wildman–Crippen LogP) is 2.82. The first-order valence-electron chi connectivity index (χ1n) is 9.07. The summed E-state index contributed by atoms with van der Waals surface area (Å²) in [5, 5.41) is 3.69. The first kappa shape index (κ1) is 17.2. The van der Waals surface area contributed by atoms with Crippen molar-refractivity contribution >= 4 is 0 Å². The van der Waals surface area contributed by atoms with Crippen molar-refractivity contribution in [2.45, 2.75) is 65.5 Å². The largest absolute Gasteiger partial charge is 0.314 e. The number of hydrogen-bond acceptors (Lipinski definition) is 3. The van der Waals surface area contributed by atoms with Gasteiger partial charge < -0.3 is 15.1 Å². The SMILES string of the molecule is CCNC(CCN1CCC2C(CCCN2C)C1)C(C)(C)C. The summed E-state index contributed by atoms with van der Waals surface area (Å²) in [4.78, 5) is 5.35. The van der Waals surface area contributed by atoms with Gasteiger partial charge >= 0.3 is 0 Å². The van der Waals surface area contributed by atoms with Gasteiger partial charge in [-0.25, -0.2) is 0 Å². The number of rotatable bonds is 5. The monoisotopic (exact) mass is 295 g/mol. The molecule has 2 fully saturated rings. The zero-order valence-corrected chi connectivity index (χ0v) is 15.0. The van der Waals surface area contributed by atoms with Gasteiger partial charge in [-0.15, -0.1) is 0 Å². The van der Waals surface area contributed by atoms with Gasteiger partial charge in [-0.1, -0.05) is 27.7 Å². The third-order valence-corrected chi connectivity index (χ3v) is 5.66. The maximum absolute atomic E-state index is 3.69. The van der Waals surface area contributed by atoms with Crippen molar-refractivity contribution in [1.29, 1.82) is 0 Å². The van der Waals surface area contributed by atoms with Crippen LogP contribution in [0.5, 0.6) is 0 Å². The van der Waals surface area contributed by atoms with E-state index in [1.54, 1.807) is 0 Å². The lowest BCUT2D eigenvalue weighted by atomic mass is 9.82. The van der Waals surface area contributed by atoms with E-state index in [1.807, 2.05) is 0 Å². The molecule has 2 aliphatic rings. The highest BCUT2D eigenvalue weighted by Crippen LogP contribution is 2.30. The van der Waals surface area contributed by atoms with Crippen molar-refractivity contribution in [3.63, 3.8) is 0 Å². The Morgan fingerprint density at radius 3 is 2.62 bits per heavy atom. The van der Waals surface area contributed by atoms with Crippen LogP contribution in [0.3, 0.4) is 0 Å². The number of piperidine rings is 2.